The second-order valence-corrected chi connectivity index (χ2v) is 3.72. The lowest BCUT2D eigenvalue weighted by Gasteiger charge is -2.01. The zero-order valence-corrected chi connectivity index (χ0v) is 11.9. The van der Waals surface area contributed by atoms with E-state index in [1.165, 1.54) is 0 Å². The number of carbonyl (C=O) groups excluding carboxylic acids is 2. The minimum Gasteiger partial charge on any atom is -0.459 e. The van der Waals surface area contributed by atoms with Crippen molar-refractivity contribution in [1.82, 2.24) is 0 Å². The van der Waals surface area contributed by atoms with Crippen LogP contribution in [0.3, 0.4) is 0 Å². The van der Waals surface area contributed by atoms with Crippen LogP contribution in [0.1, 0.15) is 32.6 Å². The highest BCUT2D eigenvalue weighted by Gasteiger charge is 1.97. The summed E-state index contributed by atoms with van der Waals surface area (Å²) in [6.07, 6.45) is 4.65. The van der Waals surface area contributed by atoms with Crippen molar-refractivity contribution in [2.24, 2.45) is 0 Å². The van der Waals surface area contributed by atoms with E-state index < -0.39 is 18.2 Å². The fourth-order valence-corrected chi connectivity index (χ4v) is 0.979. The third-order valence-electron chi connectivity index (χ3n) is 1.97. The summed E-state index contributed by atoms with van der Waals surface area (Å²) < 4.78 is 9.04. The van der Waals surface area contributed by atoms with Gasteiger partial charge in [-0.2, -0.15) is 0 Å². The first-order valence-electron chi connectivity index (χ1n) is 6.42. The minimum absolute atomic E-state index is 0.0322. The number of hydrogen-bond donors (Lipinski definition) is 2. The Morgan fingerprint density at radius 1 is 1.05 bits per heavy atom. The third-order valence-corrected chi connectivity index (χ3v) is 1.97. The van der Waals surface area contributed by atoms with Crippen molar-refractivity contribution in [1.29, 1.82) is 0 Å². The van der Waals surface area contributed by atoms with Gasteiger partial charge < -0.3 is 19.7 Å². The first-order valence-corrected chi connectivity index (χ1v) is 6.42. The molecule has 0 atom stereocenters. The van der Waals surface area contributed by atoms with Crippen LogP contribution < -0.4 is 0 Å². The van der Waals surface area contributed by atoms with Crippen molar-refractivity contribution in [2.45, 2.75) is 38.9 Å². The molecule has 0 aromatic carbocycles. The fourth-order valence-electron chi connectivity index (χ4n) is 0.979. The second kappa shape index (κ2) is 15.4. The Hall–Kier alpha value is -1.66. The number of rotatable bonds is 9. The van der Waals surface area contributed by atoms with Crippen molar-refractivity contribution in [3.63, 3.8) is 0 Å². The lowest BCUT2D eigenvalue weighted by molar-refractivity contribution is -0.146. The fraction of sp³-hybridized carbons (Fsp3) is 0.571. The largest absolute Gasteiger partial charge is 0.459 e. The van der Waals surface area contributed by atoms with Gasteiger partial charge in [0.25, 0.3) is 0 Å². The Labute approximate surface area is 119 Å². The van der Waals surface area contributed by atoms with E-state index in [1.54, 1.807) is 0 Å². The molecular formula is C14H24O6. The summed E-state index contributed by atoms with van der Waals surface area (Å²) in [7, 11) is 0. The summed E-state index contributed by atoms with van der Waals surface area (Å²) in [5.41, 5.74) is 0. The molecule has 6 nitrogen and oxygen atoms in total. The van der Waals surface area contributed by atoms with Crippen LogP contribution >= 0.6 is 0 Å². The van der Waals surface area contributed by atoms with Gasteiger partial charge in [-0.1, -0.05) is 32.9 Å². The molecule has 20 heavy (non-hydrogen) atoms. The van der Waals surface area contributed by atoms with E-state index in [-0.39, 0.29) is 13.2 Å². The molecule has 0 aromatic heterocycles. The van der Waals surface area contributed by atoms with Gasteiger partial charge in [-0.05, 0) is 12.8 Å². The number of ether oxygens (including phenoxy) is 2. The highest BCUT2D eigenvalue weighted by molar-refractivity contribution is 5.81. The van der Waals surface area contributed by atoms with Crippen LogP contribution in [0.5, 0.6) is 0 Å². The lowest BCUT2D eigenvalue weighted by Crippen LogP contribution is -2.10. The Morgan fingerprint density at radius 2 is 1.50 bits per heavy atom. The van der Waals surface area contributed by atoms with E-state index in [1.807, 2.05) is 0 Å². The van der Waals surface area contributed by atoms with Crippen LogP contribution in [0.15, 0.2) is 25.3 Å². The minimum atomic E-state index is -1.10. The van der Waals surface area contributed by atoms with E-state index in [0.29, 0.717) is 6.42 Å². The van der Waals surface area contributed by atoms with Gasteiger partial charge in [0.15, 0.2) is 6.29 Å². The Kier molecular flexibility index (Phi) is 15.9. The molecule has 116 valence electrons. The first-order chi connectivity index (χ1) is 9.47. The van der Waals surface area contributed by atoms with Crippen LogP contribution in [-0.4, -0.2) is 41.7 Å². The van der Waals surface area contributed by atoms with Crippen LogP contribution in [0.25, 0.3) is 0 Å². The average molecular weight is 288 g/mol. The predicted octanol–water partition coefficient (Wildman–Crippen LogP) is 1.32. The topological polar surface area (TPSA) is 93.1 Å². The van der Waals surface area contributed by atoms with Gasteiger partial charge in [0.05, 0.1) is 0 Å². The van der Waals surface area contributed by atoms with E-state index >= 15 is 0 Å². The maximum Gasteiger partial charge on any atom is 0.330 e. The lowest BCUT2D eigenvalue weighted by atomic mass is 10.2. The average Bonchev–Trinajstić information content (AvgIpc) is 2.43. The molecule has 0 aromatic rings. The molecule has 2 N–H and O–H groups in total. The third kappa shape index (κ3) is 18.7. The molecule has 6 heteroatoms. The molecule has 0 amide bonds. The molecular weight excluding hydrogens is 264 g/mol. The van der Waals surface area contributed by atoms with Gasteiger partial charge >= 0.3 is 11.9 Å². The Bertz CT molecular complexity index is 263. The van der Waals surface area contributed by atoms with Crippen LogP contribution in [0, 0.1) is 0 Å². The molecule has 0 rings (SSSR count). The van der Waals surface area contributed by atoms with Crippen molar-refractivity contribution in [3.8, 4) is 0 Å². The number of unbranched alkanes of at least 4 members (excludes halogenated alkanes) is 2. The summed E-state index contributed by atoms with van der Waals surface area (Å²) in [5, 5.41) is 16.7. The van der Waals surface area contributed by atoms with Crippen LogP contribution in [0.4, 0.5) is 0 Å². The van der Waals surface area contributed by atoms with Gasteiger partial charge in [-0.3, -0.25) is 0 Å². The number of aliphatic hydroxyl groups excluding tert-OH is 1. The van der Waals surface area contributed by atoms with Crippen LogP contribution in [-0.2, 0) is 19.1 Å². The molecule has 0 aliphatic heterocycles. The smallest absolute Gasteiger partial charge is 0.330 e. The van der Waals surface area contributed by atoms with E-state index in [0.717, 1.165) is 31.4 Å². The van der Waals surface area contributed by atoms with E-state index in [9.17, 15) is 9.59 Å². The quantitative estimate of drug-likeness (QED) is 0.288. The summed E-state index contributed by atoms with van der Waals surface area (Å²) in [6, 6.07) is 0. The van der Waals surface area contributed by atoms with Crippen molar-refractivity contribution in [2.75, 3.05) is 13.2 Å². The van der Waals surface area contributed by atoms with E-state index in [2.05, 4.69) is 29.6 Å². The molecule has 0 aliphatic carbocycles. The van der Waals surface area contributed by atoms with Gasteiger partial charge in [0.1, 0.15) is 13.2 Å². The monoisotopic (exact) mass is 288 g/mol. The molecule has 0 unspecified atom stereocenters. The molecule has 0 spiro atoms. The predicted molar refractivity (Wildman–Crippen MR) is 74.7 cm³/mol. The maximum absolute atomic E-state index is 10.4. The zero-order chi connectivity index (χ0) is 15.8. The summed E-state index contributed by atoms with van der Waals surface area (Å²) >= 11 is 0. The number of hydrogen-bond acceptors (Lipinski definition) is 6. The Morgan fingerprint density at radius 3 is 1.80 bits per heavy atom. The molecule has 0 fully saturated rings. The normalized spacial score (nSPS) is 9.20. The SMILES string of the molecule is C=CC(=O)OCCOC(=O)C=C.CCCCCC(O)O. The molecule has 0 heterocycles. The van der Waals surface area contributed by atoms with Crippen LogP contribution in [0.2, 0.25) is 0 Å². The van der Waals surface area contributed by atoms with Gasteiger partial charge in [0, 0.05) is 12.2 Å². The Balaban J connectivity index is 0. The molecule has 0 radical (unpaired) electrons. The summed E-state index contributed by atoms with van der Waals surface area (Å²) in [4.78, 5) is 20.9. The molecule has 0 saturated carbocycles. The van der Waals surface area contributed by atoms with Crippen molar-refractivity contribution < 1.29 is 29.3 Å². The van der Waals surface area contributed by atoms with Crippen molar-refractivity contribution in [3.05, 3.63) is 25.3 Å². The molecule has 0 aliphatic rings. The van der Waals surface area contributed by atoms with Crippen molar-refractivity contribution >= 4 is 11.9 Å². The summed E-state index contributed by atoms with van der Waals surface area (Å²) in [6.45, 7) is 8.54. The number of aliphatic hydroxyl groups is 2. The maximum atomic E-state index is 10.4. The second-order valence-electron chi connectivity index (χ2n) is 3.72. The summed E-state index contributed by atoms with van der Waals surface area (Å²) in [5.74, 6) is -1.07. The zero-order valence-electron chi connectivity index (χ0n) is 11.9. The first kappa shape index (κ1) is 20.7. The highest BCUT2D eigenvalue weighted by Crippen LogP contribution is 1.99. The highest BCUT2D eigenvalue weighted by atomic mass is 16.6. The van der Waals surface area contributed by atoms with E-state index in [4.69, 9.17) is 10.2 Å². The molecule has 0 bridgehead atoms. The van der Waals surface area contributed by atoms with Gasteiger partial charge in [0.2, 0.25) is 0 Å². The molecule has 0 saturated heterocycles. The standard InChI is InChI=1S/C8H10O4.C6H14O2/c1-3-7(9)11-5-6-12-8(10)4-2;1-2-3-4-5-6(7)8/h3-4H,1-2,5-6H2;6-8H,2-5H2,1H3. The number of carbonyl (C=O) groups is 2. The van der Waals surface area contributed by atoms with Gasteiger partial charge in [-0.15, -0.1) is 0 Å². The van der Waals surface area contributed by atoms with Gasteiger partial charge in [-0.25, -0.2) is 9.59 Å². The number of esters is 2.